The van der Waals surface area contributed by atoms with E-state index in [1.54, 1.807) is 36.9 Å². The number of hydrogen-bond donors (Lipinski definition) is 1. The monoisotopic (exact) mass is 339 g/mol. The lowest BCUT2D eigenvalue weighted by Gasteiger charge is -2.39. The SMILES string of the molecule is O=C(c1cccnc1)N1CCC[C@@]2(C[C@@H](Nc3ncccn3)CO2)C1. The molecule has 2 aromatic heterocycles. The summed E-state index contributed by atoms with van der Waals surface area (Å²) in [6.45, 7) is 1.99. The molecule has 7 nitrogen and oxygen atoms in total. The van der Waals surface area contributed by atoms with E-state index in [-0.39, 0.29) is 17.6 Å². The van der Waals surface area contributed by atoms with Crippen molar-refractivity contribution in [2.75, 3.05) is 25.0 Å². The molecule has 4 rings (SSSR count). The standard InChI is InChI=1S/C18H21N5O2/c24-16(14-4-1-6-19-11-14)23-9-2-5-18(13-23)10-15(12-25-18)22-17-20-7-3-8-21-17/h1,3-4,6-8,11,15H,2,5,9-10,12-13H2,(H,20,21,22)/t15-,18-/m1/s1. The van der Waals surface area contributed by atoms with Crippen LogP contribution in [0.5, 0.6) is 0 Å². The zero-order valence-corrected chi connectivity index (χ0v) is 14.0. The molecule has 2 aliphatic heterocycles. The van der Waals surface area contributed by atoms with Crippen LogP contribution in [0.1, 0.15) is 29.6 Å². The van der Waals surface area contributed by atoms with Gasteiger partial charge in [-0.1, -0.05) is 0 Å². The molecule has 2 atom stereocenters. The van der Waals surface area contributed by atoms with Gasteiger partial charge in [0.05, 0.1) is 30.4 Å². The summed E-state index contributed by atoms with van der Waals surface area (Å²) in [4.78, 5) is 27.1. The molecule has 0 aromatic carbocycles. The van der Waals surface area contributed by atoms with E-state index in [0.717, 1.165) is 25.8 Å². The Labute approximate surface area is 146 Å². The Morgan fingerprint density at radius 3 is 2.96 bits per heavy atom. The van der Waals surface area contributed by atoms with Crippen LogP contribution in [-0.2, 0) is 4.74 Å². The lowest BCUT2D eigenvalue weighted by molar-refractivity contribution is -0.0447. The van der Waals surface area contributed by atoms with Gasteiger partial charge in [-0.15, -0.1) is 0 Å². The summed E-state index contributed by atoms with van der Waals surface area (Å²) in [7, 11) is 0. The van der Waals surface area contributed by atoms with E-state index in [9.17, 15) is 4.79 Å². The average molecular weight is 339 g/mol. The fraction of sp³-hybridized carbons (Fsp3) is 0.444. The Hall–Kier alpha value is -2.54. The van der Waals surface area contributed by atoms with E-state index < -0.39 is 0 Å². The first-order chi connectivity index (χ1) is 12.2. The number of carbonyl (C=O) groups is 1. The number of aromatic nitrogens is 3. The van der Waals surface area contributed by atoms with E-state index in [1.165, 1.54) is 0 Å². The first-order valence-corrected chi connectivity index (χ1v) is 8.61. The fourth-order valence-electron chi connectivity index (χ4n) is 3.72. The van der Waals surface area contributed by atoms with Crippen LogP contribution >= 0.6 is 0 Å². The minimum absolute atomic E-state index is 0.0265. The van der Waals surface area contributed by atoms with Crippen LogP contribution in [0, 0.1) is 0 Å². The molecule has 2 aromatic rings. The van der Waals surface area contributed by atoms with Gasteiger partial charge in [0, 0.05) is 37.8 Å². The smallest absolute Gasteiger partial charge is 0.255 e. The molecule has 0 unspecified atom stereocenters. The minimum atomic E-state index is -0.275. The van der Waals surface area contributed by atoms with Gasteiger partial charge in [0.2, 0.25) is 5.95 Å². The van der Waals surface area contributed by atoms with Gasteiger partial charge in [0.25, 0.3) is 5.91 Å². The first kappa shape index (κ1) is 16.0. The van der Waals surface area contributed by atoms with Crippen molar-refractivity contribution in [3.8, 4) is 0 Å². The predicted molar refractivity (Wildman–Crippen MR) is 92.1 cm³/mol. The predicted octanol–water partition coefficient (Wildman–Crippen LogP) is 1.75. The molecule has 2 fully saturated rings. The average Bonchev–Trinajstić information content (AvgIpc) is 3.04. The number of amides is 1. The molecule has 7 heteroatoms. The Kier molecular flexibility index (Phi) is 4.31. The molecule has 130 valence electrons. The minimum Gasteiger partial charge on any atom is -0.371 e. The second-order valence-electron chi connectivity index (χ2n) is 6.68. The Balaban J connectivity index is 1.42. The van der Waals surface area contributed by atoms with E-state index in [2.05, 4.69) is 20.3 Å². The van der Waals surface area contributed by atoms with Crippen molar-refractivity contribution >= 4 is 11.9 Å². The van der Waals surface area contributed by atoms with Crippen molar-refractivity contribution in [1.82, 2.24) is 19.9 Å². The largest absolute Gasteiger partial charge is 0.371 e. The molecule has 2 saturated heterocycles. The second kappa shape index (κ2) is 6.76. The van der Waals surface area contributed by atoms with E-state index in [1.807, 2.05) is 11.0 Å². The topological polar surface area (TPSA) is 80.2 Å². The molecule has 2 aliphatic rings. The molecular formula is C18H21N5O2. The highest BCUT2D eigenvalue weighted by atomic mass is 16.5. The van der Waals surface area contributed by atoms with E-state index in [0.29, 0.717) is 24.7 Å². The van der Waals surface area contributed by atoms with E-state index >= 15 is 0 Å². The summed E-state index contributed by atoms with van der Waals surface area (Å²) in [5.74, 6) is 0.644. The zero-order valence-electron chi connectivity index (χ0n) is 14.0. The number of nitrogens with one attached hydrogen (secondary N) is 1. The first-order valence-electron chi connectivity index (χ1n) is 8.61. The zero-order chi connectivity index (χ0) is 17.1. The van der Waals surface area contributed by atoms with Crippen LogP contribution in [0.4, 0.5) is 5.95 Å². The van der Waals surface area contributed by atoms with E-state index in [4.69, 9.17) is 4.74 Å². The summed E-state index contributed by atoms with van der Waals surface area (Å²) < 4.78 is 6.15. The highest BCUT2D eigenvalue weighted by molar-refractivity contribution is 5.94. The molecular weight excluding hydrogens is 318 g/mol. The van der Waals surface area contributed by atoms with Crippen LogP contribution in [0.2, 0.25) is 0 Å². The van der Waals surface area contributed by atoms with Crippen LogP contribution in [0.3, 0.4) is 0 Å². The summed E-state index contributed by atoms with van der Waals surface area (Å²) >= 11 is 0. The highest BCUT2D eigenvalue weighted by Crippen LogP contribution is 2.35. The molecule has 1 N–H and O–H groups in total. The number of hydrogen-bond acceptors (Lipinski definition) is 6. The van der Waals surface area contributed by atoms with Gasteiger partial charge in [0.15, 0.2) is 0 Å². The Morgan fingerprint density at radius 2 is 2.16 bits per heavy atom. The van der Waals surface area contributed by atoms with Crippen molar-refractivity contribution in [3.05, 3.63) is 48.5 Å². The van der Waals surface area contributed by atoms with Gasteiger partial charge in [-0.05, 0) is 31.0 Å². The van der Waals surface area contributed by atoms with Crippen LogP contribution in [0.25, 0.3) is 0 Å². The number of pyridine rings is 1. The molecule has 1 amide bonds. The third-order valence-corrected chi connectivity index (χ3v) is 4.84. The molecule has 0 bridgehead atoms. The molecule has 25 heavy (non-hydrogen) atoms. The normalized spacial score (nSPS) is 25.9. The van der Waals surface area contributed by atoms with Crippen molar-refractivity contribution in [1.29, 1.82) is 0 Å². The third kappa shape index (κ3) is 3.46. The summed E-state index contributed by atoms with van der Waals surface area (Å²) in [5.41, 5.74) is 0.354. The second-order valence-corrected chi connectivity index (χ2v) is 6.68. The van der Waals surface area contributed by atoms with Gasteiger partial charge < -0.3 is 15.0 Å². The highest BCUT2D eigenvalue weighted by Gasteiger charge is 2.44. The Bertz CT molecular complexity index is 727. The van der Waals surface area contributed by atoms with Crippen molar-refractivity contribution in [2.45, 2.75) is 30.9 Å². The number of ether oxygens (including phenoxy) is 1. The van der Waals surface area contributed by atoms with Crippen LogP contribution < -0.4 is 5.32 Å². The summed E-state index contributed by atoms with van der Waals surface area (Å²) in [6, 6.07) is 5.55. The number of likely N-dealkylation sites (tertiary alicyclic amines) is 1. The number of carbonyl (C=O) groups excluding carboxylic acids is 1. The maximum absolute atomic E-state index is 12.7. The van der Waals surface area contributed by atoms with Gasteiger partial charge in [-0.25, -0.2) is 9.97 Å². The van der Waals surface area contributed by atoms with Gasteiger partial charge >= 0.3 is 0 Å². The van der Waals surface area contributed by atoms with Gasteiger partial charge in [-0.3, -0.25) is 9.78 Å². The van der Waals surface area contributed by atoms with Gasteiger partial charge in [-0.2, -0.15) is 0 Å². The maximum atomic E-state index is 12.7. The molecule has 4 heterocycles. The van der Waals surface area contributed by atoms with Crippen molar-refractivity contribution < 1.29 is 9.53 Å². The summed E-state index contributed by atoms with van der Waals surface area (Å²) in [5, 5.41) is 3.33. The quantitative estimate of drug-likeness (QED) is 0.918. The fourth-order valence-corrected chi connectivity index (χ4v) is 3.72. The van der Waals surface area contributed by atoms with Crippen molar-refractivity contribution in [2.24, 2.45) is 0 Å². The Morgan fingerprint density at radius 1 is 1.28 bits per heavy atom. The van der Waals surface area contributed by atoms with Crippen LogP contribution in [0.15, 0.2) is 43.0 Å². The molecule has 0 saturated carbocycles. The van der Waals surface area contributed by atoms with Crippen LogP contribution in [-0.4, -0.2) is 57.1 Å². The molecule has 1 spiro atoms. The number of rotatable bonds is 3. The summed E-state index contributed by atoms with van der Waals surface area (Å²) in [6.07, 6.45) is 9.50. The number of anilines is 1. The molecule has 0 aliphatic carbocycles. The maximum Gasteiger partial charge on any atom is 0.255 e. The van der Waals surface area contributed by atoms with Gasteiger partial charge in [0.1, 0.15) is 0 Å². The third-order valence-electron chi connectivity index (χ3n) is 4.84. The number of piperidine rings is 1. The lowest BCUT2D eigenvalue weighted by atomic mass is 9.88. The number of nitrogens with zero attached hydrogens (tertiary/aromatic N) is 4. The lowest BCUT2D eigenvalue weighted by Crippen LogP contribution is -2.50. The molecule has 0 radical (unpaired) electrons. The van der Waals surface area contributed by atoms with Crippen molar-refractivity contribution in [3.63, 3.8) is 0 Å².